The molecule has 9 nitrogen and oxygen atoms in total. The first-order valence-corrected chi connectivity index (χ1v) is 12.0. The van der Waals surface area contributed by atoms with Gasteiger partial charge in [-0.05, 0) is 61.9 Å². The summed E-state index contributed by atoms with van der Waals surface area (Å²) in [5, 5.41) is 11.7. The van der Waals surface area contributed by atoms with Crippen LogP contribution in [0.3, 0.4) is 0 Å². The standard InChI is InChI=1S/C28H25ClN2O7/c1-15(2)38-28(35)17-5-7-18(8-6-17)31-24(16-9-11-30-12-10-16)23(26(33)27(31)34)25(32)19-13-22(37-4)20(29)14-21(19)36-3/h5-15,24,32H,1-4H3/b25-23+. The van der Waals surface area contributed by atoms with E-state index in [-0.39, 0.29) is 39.3 Å². The molecular formula is C28H25ClN2O7. The Kier molecular flexibility index (Phi) is 7.68. The van der Waals surface area contributed by atoms with Crippen LogP contribution in [0, 0.1) is 0 Å². The van der Waals surface area contributed by atoms with Crippen LogP contribution in [-0.4, -0.2) is 48.1 Å². The Hall–Kier alpha value is -4.37. The summed E-state index contributed by atoms with van der Waals surface area (Å²) < 4.78 is 15.9. The molecule has 1 aromatic heterocycles. The molecule has 196 valence electrons. The lowest BCUT2D eigenvalue weighted by molar-refractivity contribution is -0.132. The van der Waals surface area contributed by atoms with E-state index >= 15 is 0 Å². The van der Waals surface area contributed by atoms with Gasteiger partial charge in [0, 0.05) is 24.1 Å². The minimum Gasteiger partial charge on any atom is -0.507 e. The number of carbonyl (C=O) groups excluding carboxylic acids is 3. The van der Waals surface area contributed by atoms with Gasteiger partial charge in [-0.25, -0.2) is 4.79 Å². The molecule has 1 saturated heterocycles. The average Bonchev–Trinajstić information content (AvgIpc) is 3.18. The zero-order chi connectivity index (χ0) is 27.6. The van der Waals surface area contributed by atoms with Crippen molar-refractivity contribution in [3.8, 4) is 11.5 Å². The van der Waals surface area contributed by atoms with Gasteiger partial charge in [-0.1, -0.05) is 11.6 Å². The second-order valence-corrected chi connectivity index (χ2v) is 9.04. The maximum absolute atomic E-state index is 13.4. The van der Waals surface area contributed by atoms with Crippen molar-refractivity contribution in [3.63, 3.8) is 0 Å². The van der Waals surface area contributed by atoms with Gasteiger partial charge in [0.1, 0.15) is 17.3 Å². The molecule has 1 amide bonds. The lowest BCUT2D eigenvalue weighted by Gasteiger charge is -2.25. The van der Waals surface area contributed by atoms with Crippen LogP contribution in [0.15, 0.2) is 66.5 Å². The summed E-state index contributed by atoms with van der Waals surface area (Å²) in [6.45, 7) is 3.48. The number of benzene rings is 2. The minimum absolute atomic E-state index is 0.123. The molecule has 10 heteroatoms. The van der Waals surface area contributed by atoms with Gasteiger partial charge in [-0.15, -0.1) is 0 Å². The number of aliphatic hydroxyl groups excluding tert-OH is 1. The van der Waals surface area contributed by atoms with E-state index in [4.69, 9.17) is 25.8 Å². The van der Waals surface area contributed by atoms with Crippen molar-refractivity contribution in [2.45, 2.75) is 26.0 Å². The summed E-state index contributed by atoms with van der Waals surface area (Å²) in [6.07, 6.45) is 2.74. The molecule has 1 aliphatic rings. The number of ketones is 1. The Bertz CT molecular complexity index is 1420. The van der Waals surface area contributed by atoms with Gasteiger partial charge in [-0.3, -0.25) is 19.5 Å². The van der Waals surface area contributed by atoms with E-state index in [0.717, 1.165) is 0 Å². The van der Waals surface area contributed by atoms with Crippen molar-refractivity contribution in [2.24, 2.45) is 0 Å². The molecule has 1 aliphatic heterocycles. The third-order valence-electron chi connectivity index (χ3n) is 5.92. The summed E-state index contributed by atoms with van der Waals surface area (Å²) in [7, 11) is 2.80. The number of halogens is 1. The number of aliphatic hydroxyl groups is 1. The Balaban J connectivity index is 1.88. The Labute approximate surface area is 224 Å². The van der Waals surface area contributed by atoms with E-state index in [2.05, 4.69) is 4.98 Å². The maximum atomic E-state index is 13.4. The second-order valence-electron chi connectivity index (χ2n) is 8.64. The third-order valence-corrected chi connectivity index (χ3v) is 6.21. The van der Waals surface area contributed by atoms with E-state index in [1.165, 1.54) is 55.8 Å². The summed E-state index contributed by atoms with van der Waals surface area (Å²) in [5.41, 5.74) is 1.13. The fourth-order valence-electron chi connectivity index (χ4n) is 4.19. The van der Waals surface area contributed by atoms with Crippen LogP contribution in [0.25, 0.3) is 5.76 Å². The van der Waals surface area contributed by atoms with Crippen LogP contribution in [-0.2, 0) is 14.3 Å². The van der Waals surface area contributed by atoms with Gasteiger partial charge in [0.2, 0.25) is 0 Å². The number of anilines is 1. The number of carbonyl (C=O) groups is 3. The summed E-state index contributed by atoms with van der Waals surface area (Å²) >= 11 is 6.22. The number of hydrogen-bond acceptors (Lipinski definition) is 8. The maximum Gasteiger partial charge on any atom is 0.338 e. The van der Waals surface area contributed by atoms with Gasteiger partial charge in [0.15, 0.2) is 0 Å². The first-order valence-electron chi connectivity index (χ1n) is 11.6. The minimum atomic E-state index is -1.00. The van der Waals surface area contributed by atoms with Gasteiger partial charge in [-0.2, -0.15) is 0 Å². The molecule has 4 rings (SSSR count). The van der Waals surface area contributed by atoms with Crippen molar-refractivity contribution in [1.29, 1.82) is 0 Å². The number of methoxy groups -OCH3 is 2. The van der Waals surface area contributed by atoms with Crippen molar-refractivity contribution in [2.75, 3.05) is 19.1 Å². The van der Waals surface area contributed by atoms with E-state index in [9.17, 15) is 19.5 Å². The molecular weight excluding hydrogens is 512 g/mol. The Morgan fingerprint density at radius 1 is 1.00 bits per heavy atom. The molecule has 1 N–H and O–H groups in total. The van der Waals surface area contributed by atoms with Gasteiger partial charge >= 0.3 is 5.97 Å². The molecule has 1 unspecified atom stereocenters. The van der Waals surface area contributed by atoms with Crippen LogP contribution in [0.5, 0.6) is 11.5 Å². The van der Waals surface area contributed by atoms with Crippen LogP contribution in [0.2, 0.25) is 5.02 Å². The summed E-state index contributed by atoms with van der Waals surface area (Å²) in [5.74, 6) is -2.30. The Morgan fingerprint density at radius 3 is 2.21 bits per heavy atom. The fourth-order valence-corrected chi connectivity index (χ4v) is 4.42. The average molecular weight is 537 g/mol. The lowest BCUT2D eigenvalue weighted by atomic mass is 9.95. The molecule has 0 aliphatic carbocycles. The highest BCUT2D eigenvalue weighted by Gasteiger charge is 2.47. The highest BCUT2D eigenvalue weighted by Crippen LogP contribution is 2.44. The van der Waals surface area contributed by atoms with Crippen LogP contribution in [0.4, 0.5) is 5.69 Å². The fraction of sp³-hybridized carbons (Fsp3) is 0.214. The Morgan fingerprint density at radius 2 is 1.63 bits per heavy atom. The number of nitrogens with zero attached hydrogens (tertiary/aromatic N) is 2. The lowest BCUT2D eigenvalue weighted by Crippen LogP contribution is -2.29. The van der Waals surface area contributed by atoms with Gasteiger partial charge in [0.05, 0.1) is 48.1 Å². The van der Waals surface area contributed by atoms with E-state index in [1.807, 2.05) is 0 Å². The number of amides is 1. The predicted octanol–water partition coefficient (Wildman–Crippen LogP) is 4.94. The van der Waals surface area contributed by atoms with Crippen LogP contribution in [0.1, 0.15) is 41.4 Å². The predicted molar refractivity (Wildman–Crippen MR) is 141 cm³/mol. The van der Waals surface area contributed by atoms with E-state index in [1.54, 1.807) is 38.1 Å². The van der Waals surface area contributed by atoms with Gasteiger partial charge in [0.25, 0.3) is 11.7 Å². The molecule has 1 atom stereocenters. The monoisotopic (exact) mass is 536 g/mol. The van der Waals surface area contributed by atoms with Crippen molar-refractivity contribution >= 4 is 40.7 Å². The summed E-state index contributed by atoms with van der Waals surface area (Å²) in [4.78, 5) is 44.4. The molecule has 0 bridgehead atoms. The molecule has 2 aromatic carbocycles. The normalized spacial score (nSPS) is 16.6. The smallest absolute Gasteiger partial charge is 0.338 e. The highest BCUT2D eigenvalue weighted by molar-refractivity contribution is 6.51. The molecule has 0 spiro atoms. The quantitative estimate of drug-likeness (QED) is 0.195. The SMILES string of the molecule is COc1cc(/C(O)=C2\C(=O)C(=O)N(c3ccc(C(=O)OC(C)C)cc3)C2c2ccncc2)c(OC)cc1Cl. The summed E-state index contributed by atoms with van der Waals surface area (Å²) in [6, 6.07) is 11.3. The number of rotatable bonds is 7. The largest absolute Gasteiger partial charge is 0.507 e. The van der Waals surface area contributed by atoms with Gasteiger partial charge < -0.3 is 19.3 Å². The molecule has 2 heterocycles. The number of esters is 1. The molecule has 0 radical (unpaired) electrons. The zero-order valence-corrected chi connectivity index (χ0v) is 21.9. The number of ether oxygens (including phenoxy) is 3. The molecule has 3 aromatic rings. The third kappa shape index (κ3) is 4.92. The van der Waals surface area contributed by atoms with Crippen LogP contribution >= 0.6 is 11.6 Å². The molecule has 1 fully saturated rings. The van der Waals surface area contributed by atoms with E-state index in [0.29, 0.717) is 11.3 Å². The molecule has 0 saturated carbocycles. The first kappa shape index (κ1) is 26.7. The van der Waals surface area contributed by atoms with Crippen LogP contribution < -0.4 is 14.4 Å². The zero-order valence-electron chi connectivity index (χ0n) is 21.1. The number of pyridine rings is 1. The first-order chi connectivity index (χ1) is 18.2. The number of aromatic nitrogens is 1. The van der Waals surface area contributed by atoms with Crippen molar-refractivity contribution < 1.29 is 33.7 Å². The molecule has 38 heavy (non-hydrogen) atoms. The van der Waals surface area contributed by atoms with Crippen molar-refractivity contribution in [1.82, 2.24) is 4.98 Å². The second kappa shape index (κ2) is 10.9. The number of hydrogen-bond donors (Lipinski definition) is 1. The topological polar surface area (TPSA) is 115 Å². The number of Topliss-reactive ketones (excluding diaryl/α,β-unsaturated/α-hetero) is 1. The van der Waals surface area contributed by atoms with Crippen molar-refractivity contribution in [3.05, 3.63) is 88.2 Å². The van der Waals surface area contributed by atoms with E-state index < -0.39 is 29.5 Å². The highest BCUT2D eigenvalue weighted by atomic mass is 35.5.